The fourth-order valence-electron chi connectivity index (χ4n) is 2.11. The molecule has 7 heteroatoms. The first-order valence-electron chi connectivity index (χ1n) is 6.26. The van der Waals surface area contributed by atoms with Gasteiger partial charge >= 0.3 is 12.0 Å². The largest absolute Gasteiger partial charge is 0.481 e. The van der Waals surface area contributed by atoms with Crippen molar-refractivity contribution in [1.29, 1.82) is 0 Å². The average molecular weight is 298 g/mol. The summed E-state index contributed by atoms with van der Waals surface area (Å²) in [5.41, 5.74) is -0.321. The Kier molecular flexibility index (Phi) is 4.46. The van der Waals surface area contributed by atoms with E-state index in [1.807, 2.05) is 0 Å². The van der Waals surface area contributed by atoms with E-state index in [4.69, 9.17) is 11.6 Å². The zero-order valence-electron chi connectivity index (χ0n) is 10.8. The van der Waals surface area contributed by atoms with Gasteiger partial charge in [0, 0.05) is 23.8 Å². The van der Waals surface area contributed by atoms with Crippen molar-refractivity contribution in [2.75, 3.05) is 25.0 Å². The summed E-state index contributed by atoms with van der Waals surface area (Å²) in [5, 5.41) is 18.1. The number of carbonyl (C=O) groups excluding carboxylic acids is 1. The number of halogens is 1. The smallest absolute Gasteiger partial charge is 0.319 e. The Bertz CT molecular complexity index is 498. The van der Waals surface area contributed by atoms with Crippen LogP contribution in [0.5, 0.6) is 0 Å². The molecule has 1 aliphatic rings. The third-order valence-electron chi connectivity index (χ3n) is 3.39. The lowest BCUT2D eigenvalue weighted by Gasteiger charge is -2.23. The van der Waals surface area contributed by atoms with Crippen LogP contribution in [0.2, 0.25) is 5.02 Å². The summed E-state index contributed by atoms with van der Waals surface area (Å²) in [4.78, 5) is 23.1. The van der Waals surface area contributed by atoms with E-state index in [1.54, 1.807) is 24.3 Å². The Morgan fingerprint density at radius 1 is 1.35 bits per heavy atom. The van der Waals surface area contributed by atoms with Crippen molar-refractivity contribution >= 4 is 29.3 Å². The molecular formula is C13H16ClN3O3. The highest BCUT2D eigenvalue weighted by atomic mass is 35.5. The van der Waals surface area contributed by atoms with Crippen LogP contribution < -0.4 is 16.0 Å². The minimum Gasteiger partial charge on any atom is -0.481 e. The summed E-state index contributed by atoms with van der Waals surface area (Å²) >= 11 is 5.75. The summed E-state index contributed by atoms with van der Waals surface area (Å²) in [7, 11) is 0. The monoisotopic (exact) mass is 297 g/mol. The van der Waals surface area contributed by atoms with E-state index >= 15 is 0 Å². The number of urea groups is 1. The maximum Gasteiger partial charge on any atom is 0.319 e. The van der Waals surface area contributed by atoms with Crippen LogP contribution in [0, 0.1) is 5.41 Å². The molecule has 1 fully saturated rings. The minimum atomic E-state index is -0.919. The summed E-state index contributed by atoms with van der Waals surface area (Å²) in [6, 6.07) is 6.24. The van der Waals surface area contributed by atoms with Crippen molar-refractivity contribution < 1.29 is 14.7 Å². The number of carboxylic acids is 1. The summed E-state index contributed by atoms with van der Waals surface area (Å²) in [6.45, 7) is 1.10. The van der Waals surface area contributed by atoms with Crippen LogP contribution in [0.25, 0.3) is 0 Å². The van der Waals surface area contributed by atoms with E-state index in [0.29, 0.717) is 30.2 Å². The lowest BCUT2D eigenvalue weighted by atomic mass is 9.87. The van der Waals surface area contributed by atoms with Gasteiger partial charge in [0.15, 0.2) is 0 Å². The molecule has 1 aliphatic heterocycles. The SMILES string of the molecule is O=C(NCC1(C(=O)O)CCNC1)Nc1ccc(Cl)cc1. The number of amides is 2. The second-order valence-electron chi connectivity index (χ2n) is 4.83. The highest BCUT2D eigenvalue weighted by Gasteiger charge is 2.41. The van der Waals surface area contributed by atoms with Crippen LogP contribution >= 0.6 is 11.6 Å². The Hall–Kier alpha value is -1.79. The molecule has 1 atom stereocenters. The standard InChI is InChI=1S/C13H16ClN3O3/c14-9-1-3-10(4-2-9)17-12(20)16-8-13(11(18)19)5-6-15-7-13/h1-4,15H,5-8H2,(H,18,19)(H2,16,17,20). The third kappa shape index (κ3) is 3.40. The molecule has 2 rings (SSSR count). The average Bonchev–Trinajstić information content (AvgIpc) is 2.89. The number of carboxylic acid groups (broad SMARTS) is 1. The van der Waals surface area contributed by atoms with E-state index in [1.165, 1.54) is 0 Å². The van der Waals surface area contributed by atoms with Gasteiger partial charge in [-0.1, -0.05) is 11.6 Å². The van der Waals surface area contributed by atoms with Gasteiger partial charge in [0.25, 0.3) is 0 Å². The number of aliphatic carboxylic acids is 1. The normalized spacial score (nSPS) is 21.4. The molecule has 0 spiro atoms. The Morgan fingerprint density at radius 2 is 2.05 bits per heavy atom. The molecule has 1 heterocycles. The molecular weight excluding hydrogens is 282 g/mol. The maximum atomic E-state index is 11.8. The topological polar surface area (TPSA) is 90.5 Å². The van der Waals surface area contributed by atoms with Gasteiger partial charge in [-0.2, -0.15) is 0 Å². The highest BCUT2D eigenvalue weighted by Crippen LogP contribution is 2.24. The highest BCUT2D eigenvalue weighted by molar-refractivity contribution is 6.30. The van der Waals surface area contributed by atoms with Crippen molar-refractivity contribution in [1.82, 2.24) is 10.6 Å². The zero-order valence-corrected chi connectivity index (χ0v) is 11.5. The number of benzene rings is 1. The molecule has 1 aromatic carbocycles. The first-order chi connectivity index (χ1) is 9.52. The number of rotatable bonds is 4. The van der Waals surface area contributed by atoms with Crippen molar-refractivity contribution in [3.8, 4) is 0 Å². The predicted molar refractivity (Wildman–Crippen MR) is 76.0 cm³/mol. The number of anilines is 1. The molecule has 0 aromatic heterocycles. The minimum absolute atomic E-state index is 0.0920. The van der Waals surface area contributed by atoms with Crippen LogP contribution in [0.4, 0.5) is 10.5 Å². The summed E-state index contributed by atoms with van der Waals surface area (Å²) in [6.07, 6.45) is 0.504. The maximum absolute atomic E-state index is 11.8. The molecule has 1 aromatic rings. The van der Waals surface area contributed by atoms with Crippen molar-refractivity contribution in [3.05, 3.63) is 29.3 Å². The number of carbonyl (C=O) groups is 2. The Morgan fingerprint density at radius 3 is 2.60 bits per heavy atom. The second-order valence-corrected chi connectivity index (χ2v) is 5.26. The molecule has 2 amide bonds. The molecule has 108 valence electrons. The molecule has 0 radical (unpaired) electrons. The van der Waals surface area contributed by atoms with E-state index in [-0.39, 0.29) is 6.54 Å². The van der Waals surface area contributed by atoms with Gasteiger partial charge in [0.05, 0.1) is 5.41 Å². The van der Waals surface area contributed by atoms with Crippen LogP contribution in [0.3, 0.4) is 0 Å². The van der Waals surface area contributed by atoms with Crippen LogP contribution in [0.15, 0.2) is 24.3 Å². The van der Waals surface area contributed by atoms with Gasteiger partial charge in [-0.3, -0.25) is 4.79 Å². The molecule has 4 N–H and O–H groups in total. The molecule has 0 bridgehead atoms. The van der Waals surface area contributed by atoms with Gasteiger partial charge in [0.2, 0.25) is 0 Å². The first kappa shape index (κ1) is 14.6. The van der Waals surface area contributed by atoms with Crippen molar-refractivity contribution in [3.63, 3.8) is 0 Å². The zero-order chi connectivity index (χ0) is 14.6. The lowest BCUT2D eigenvalue weighted by Crippen LogP contribution is -2.45. The Balaban J connectivity index is 1.88. The fraction of sp³-hybridized carbons (Fsp3) is 0.385. The van der Waals surface area contributed by atoms with Gasteiger partial charge in [-0.15, -0.1) is 0 Å². The summed E-state index contributed by atoms with van der Waals surface area (Å²) < 4.78 is 0. The van der Waals surface area contributed by atoms with E-state index in [9.17, 15) is 14.7 Å². The quantitative estimate of drug-likeness (QED) is 0.678. The number of hydrogen-bond acceptors (Lipinski definition) is 3. The third-order valence-corrected chi connectivity index (χ3v) is 3.64. The van der Waals surface area contributed by atoms with Crippen molar-refractivity contribution in [2.24, 2.45) is 5.41 Å². The van der Waals surface area contributed by atoms with Gasteiger partial charge in [-0.25, -0.2) is 4.79 Å². The number of hydrogen-bond donors (Lipinski definition) is 4. The first-order valence-corrected chi connectivity index (χ1v) is 6.64. The number of nitrogens with one attached hydrogen (secondary N) is 3. The van der Waals surface area contributed by atoms with E-state index in [0.717, 1.165) is 0 Å². The lowest BCUT2D eigenvalue weighted by molar-refractivity contribution is -0.147. The molecule has 0 aliphatic carbocycles. The second kappa shape index (κ2) is 6.11. The van der Waals surface area contributed by atoms with Gasteiger partial charge < -0.3 is 21.1 Å². The molecule has 20 heavy (non-hydrogen) atoms. The molecule has 6 nitrogen and oxygen atoms in total. The molecule has 1 unspecified atom stereocenters. The Labute approximate surface area is 121 Å². The van der Waals surface area contributed by atoms with Crippen LogP contribution in [-0.4, -0.2) is 36.7 Å². The van der Waals surface area contributed by atoms with Crippen molar-refractivity contribution in [2.45, 2.75) is 6.42 Å². The van der Waals surface area contributed by atoms with Crippen LogP contribution in [0.1, 0.15) is 6.42 Å². The van der Waals surface area contributed by atoms with E-state index in [2.05, 4.69) is 16.0 Å². The van der Waals surface area contributed by atoms with Gasteiger partial charge in [-0.05, 0) is 37.2 Å². The van der Waals surface area contributed by atoms with E-state index < -0.39 is 17.4 Å². The summed E-state index contributed by atoms with van der Waals surface area (Å²) in [5.74, 6) is -0.894. The van der Waals surface area contributed by atoms with Crippen LogP contribution in [-0.2, 0) is 4.79 Å². The predicted octanol–water partition coefficient (Wildman–Crippen LogP) is 1.53. The molecule has 1 saturated heterocycles. The van der Waals surface area contributed by atoms with Gasteiger partial charge in [0.1, 0.15) is 0 Å². The molecule has 0 saturated carbocycles. The fourth-order valence-corrected chi connectivity index (χ4v) is 2.24.